The molecule has 2 aromatic carbocycles. The van der Waals surface area contributed by atoms with Crippen molar-refractivity contribution in [1.29, 1.82) is 10.8 Å². The number of rotatable bonds is 7. The van der Waals surface area contributed by atoms with Gasteiger partial charge in [-0.25, -0.2) is 0 Å². The second kappa shape index (κ2) is 8.84. The van der Waals surface area contributed by atoms with Crippen LogP contribution in [0.1, 0.15) is 22.8 Å². The summed E-state index contributed by atoms with van der Waals surface area (Å²) in [6.07, 6.45) is 2.51. The zero-order valence-electron chi connectivity index (χ0n) is 13.9. The Bertz CT molecular complexity index is 815. The minimum Gasteiger partial charge on any atom is -0.404 e. The molecule has 2 rings (SSSR count). The van der Waals surface area contributed by atoms with E-state index in [-0.39, 0.29) is 18.2 Å². The van der Waals surface area contributed by atoms with Crippen LogP contribution in [0.15, 0.2) is 70.1 Å². The highest BCUT2D eigenvalue weighted by Crippen LogP contribution is 2.28. The lowest BCUT2D eigenvalue weighted by atomic mass is 10.1. The molecule has 128 valence electrons. The number of hydrogen-bond donors (Lipinski definition) is 4. The van der Waals surface area contributed by atoms with Gasteiger partial charge in [0.25, 0.3) is 5.91 Å². The van der Waals surface area contributed by atoms with Crippen molar-refractivity contribution in [3.63, 3.8) is 0 Å². The molecule has 5 nitrogen and oxygen atoms in total. The molecule has 2 aromatic rings. The maximum atomic E-state index is 12.3. The molecule has 1 amide bonds. The lowest BCUT2D eigenvalue weighted by molar-refractivity contribution is 0.0959. The molecular weight excluding hydrogens is 332 g/mol. The van der Waals surface area contributed by atoms with Crippen LogP contribution in [-0.4, -0.2) is 24.4 Å². The molecule has 0 aliphatic carbocycles. The first-order chi connectivity index (χ1) is 12.0. The standard InChI is InChI=1S/C19H20N4OS/c1-13(10-20)18(22)12-23-19(24)17-8-7-16(9-14(17)11-21)25-15-5-3-2-4-6-15/h2-11,21-22H,12,20H2,1H3,(H,23,24)/b13-10-,21-11?,22-18?. The van der Waals surface area contributed by atoms with Gasteiger partial charge in [0.2, 0.25) is 0 Å². The molecule has 0 bridgehead atoms. The largest absolute Gasteiger partial charge is 0.404 e. The highest BCUT2D eigenvalue weighted by atomic mass is 32.2. The number of nitrogens with one attached hydrogen (secondary N) is 3. The highest BCUT2D eigenvalue weighted by molar-refractivity contribution is 7.99. The van der Waals surface area contributed by atoms with Gasteiger partial charge in [-0.15, -0.1) is 0 Å². The molecule has 0 aromatic heterocycles. The Morgan fingerprint density at radius 1 is 1.20 bits per heavy atom. The second-order valence-electron chi connectivity index (χ2n) is 5.32. The van der Waals surface area contributed by atoms with E-state index < -0.39 is 0 Å². The van der Waals surface area contributed by atoms with Gasteiger partial charge in [0, 0.05) is 27.1 Å². The van der Waals surface area contributed by atoms with Crippen LogP contribution in [0.4, 0.5) is 0 Å². The number of benzene rings is 2. The van der Waals surface area contributed by atoms with Crippen LogP contribution in [0.5, 0.6) is 0 Å². The minimum atomic E-state index is -0.315. The molecule has 0 saturated heterocycles. The van der Waals surface area contributed by atoms with E-state index >= 15 is 0 Å². The second-order valence-corrected chi connectivity index (χ2v) is 6.47. The number of hydrogen-bond acceptors (Lipinski definition) is 5. The molecule has 0 aliphatic heterocycles. The van der Waals surface area contributed by atoms with Crippen molar-refractivity contribution in [2.75, 3.05) is 6.54 Å². The molecule has 0 spiro atoms. The summed E-state index contributed by atoms with van der Waals surface area (Å²) in [5, 5.41) is 18.1. The van der Waals surface area contributed by atoms with Gasteiger partial charge in [-0.3, -0.25) is 4.79 Å². The van der Waals surface area contributed by atoms with Crippen LogP contribution < -0.4 is 11.1 Å². The van der Waals surface area contributed by atoms with E-state index in [1.807, 2.05) is 42.5 Å². The first-order valence-electron chi connectivity index (χ1n) is 7.67. The molecule has 5 N–H and O–H groups in total. The summed E-state index contributed by atoms with van der Waals surface area (Å²) in [4.78, 5) is 14.4. The normalized spacial score (nSPS) is 11.0. The fourth-order valence-corrected chi connectivity index (χ4v) is 2.95. The molecule has 6 heteroatoms. The summed E-state index contributed by atoms with van der Waals surface area (Å²) in [6, 6.07) is 15.3. The molecule has 0 atom stereocenters. The van der Waals surface area contributed by atoms with Crippen LogP contribution in [0.25, 0.3) is 0 Å². The van der Waals surface area contributed by atoms with Crippen molar-refractivity contribution in [2.24, 2.45) is 5.73 Å². The van der Waals surface area contributed by atoms with Crippen LogP contribution in [0.3, 0.4) is 0 Å². The number of carbonyl (C=O) groups is 1. The monoisotopic (exact) mass is 352 g/mol. The van der Waals surface area contributed by atoms with E-state index in [4.69, 9.17) is 16.6 Å². The Morgan fingerprint density at radius 2 is 1.92 bits per heavy atom. The van der Waals surface area contributed by atoms with Crippen molar-refractivity contribution in [3.8, 4) is 0 Å². The van der Waals surface area contributed by atoms with E-state index in [1.165, 1.54) is 12.4 Å². The Kier molecular flexibility index (Phi) is 6.54. The van der Waals surface area contributed by atoms with Gasteiger partial charge in [-0.05, 0) is 49.0 Å². The Balaban J connectivity index is 2.12. The van der Waals surface area contributed by atoms with E-state index in [0.717, 1.165) is 9.79 Å². The van der Waals surface area contributed by atoms with Crippen LogP contribution >= 0.6 is 11.8 Å². The quantitative estimate of drug-likeness (QED) is 0.574. The smallest absolute Gasteiger partial charge is 0.252 e. The summed E-state index contributed by atoms with van der Waals surface area (Å²) in [5.41, 5.74) is 7.18. The Hall–Kier alpha value is -2.86. The molecule has 0 heterocycles. The van der Waals surface area contributed by atoms with E-state index in [9.17, 15) is 4.79 Å². The van der Waals surface area contributed by atoms with E-state index in [1.54, 1.807) is 24.8 Å². The lowest BCUT2D eigenvalue weighted by Crippen LogP contribution is -2.30. The first-order valence-corrected chi connectivity index (χ1v) is 8.48. The van der Waals surface area contributed by atoms with Crippen molar-refractivity contribution in [2.45, 2.75) is 16.7 Å². The van der Waals surface area contributed by atoms with E-state index in [2.05, 4.69) is 5.32 Å². The lowest BCUT2D eigenvalue weighted by Gasteiger charge is -2.10. The van der Waals surface area contributed by atoms with Crippen molar-refractivity contribution >= 4 is 29.6 Å². The molecule has 0 fully saturated rings. The predicted octanol–water partition coefficient (Wildman–Crippen LogP) is 3.45. The minimum absolute atomic E-state index is 0.0936. The zero-order chi connectivity index (χ0) is 18.2. The van der Waals surface area contributed by atoms with Gasteiger partial charge >= 0.3 is 0 Å². The third-order valence-electron chi connectivity index (χ3n) is 3.55. The van der Waals surface area contributed by atoms with Crippen molar-refractivity contribution in [1.82, 2.24) is 5.32 Å². The number of nitrogens with two attached hydrogens (primary N) is 1. The van der Waals surface area contributed by atoms with Gasteiger partial charge < -0.3 is 21.9 Å². The summed E-state index contributed by atoms with van der Waals surface area (Å²) < 4.78 is 0. The van der Waals surface area contributed by atoms with Gasteiger partial charge in [-0.1, -0.05) is 30.0 Å². The summed E-state index contributed by atoms with van der Waals surface area (Å²) in [7, 11) is 0. The fourth-order valence-electron chi connectivity index (χ4n) is 2.06. The van der Waals surface area contributed by atoms with Crippen LogP contribution in [-0.2, 0) is 0 Å². The SMILES string of the molecule is C/C(=C/N)C(=N)CNC(=O)c1ccc(Sc2ccccc2)cc1C=N. The van der Waals surface area contributed by atoms with E-state index in [0.29, 0.717) is 16.7 Å². The van der Waals surface area contributed by atoms with Crippen LogP contribution in [0, 0.1) is 10.8 Å². The predicted molar refractivity (Wildman–Crippen MR) is 103 cm³/mol. The Labute approximate surface area is 151 Å². The summed E-state index contributed by atoms with van der Waals surface area (Å²) in [6.45, 7) is 1.81. The number of carbonyl (C=O) groups excluding carboxylic acids is 1. The van der Waals surface area contributed by atoms with Crippen molar-refractivity contribution < 1.29 is 4.79 Å². The average Bonchev–Trinajstić information content (AvgIpc) is 2.65. The highest BCUT2D eigenvalue weighted by Gasteiger charge is 2.12. The average molecular weight is 352 g/mol. The summed E-state index contributed by atoms with van der Waals surface area (Å²) in [5.74, 6) is -0.315. The molecule has 0 radical (unpaired) electrons. The third kappa shape index (κ3) is 5.06. The maximum Gasteiger partial charge on any atom is 0.252 e. The van der Waals surface area contributed by atoms with Gasteiger partial charge in [0.1, 0.15) is 0 Å². The summed E-state index contributed by atoms with van der Waals surface area (Å²) >= 11 is 1.57. The fraction of sp³-hybridized carbons (Fsp3) is 0.105. The third-order valence-corrected chi connectivity index (χ3v) is 4.55. The van der Waals surface area contributed by atoms with Gasteiger partial charge in [0.05, 0.1) is 12.3 Å². The first kappa shape index (κ1) is 18.5. The molecule has 0 unspecified atom stereocenters. The van der Waals surface area contributed by atoms with Gasteiger partial charge in [-0.2, -0.15) is 0 Å². The molecule has 0 saturated carbocycles. The Morgan fingerprint density at radius 3 is 2.56 bits per heavy atom. The van der Waals surface area contributed by atoms with Crippen molar-refractivity contribution in [3.05, 3.63) is 71.4 Å². The van der Waals surface area contributed by atoms with Crippen LogP contribution in [0.2, 0.25) is 0 Å². The molecular formula is C19H20N4OS. The zero-order valence-corrected chi connectivity index (χ0v) is 14.7. The van der Waals surface area contributed by atoms with Gasteiger partial charge in [0.15, 0.2) is 0 Å². The molecule has 0 aliphatic rings. The molecule has 25 heavy (non-hydrogen) atoms. The topological polar surface area (TPSA) is 103 Å². The maximum absolute atomic E-state index is 12.3. The number of amides is 1.